The van der Waals surface area contributed by atoms with Gasteiger partial charge in [-0.2, -0.15) is 0 Å². The summed E-state index contributed by atoms with van der Waals surface area (Å²) in [5.41, 5.74) is 5.70. The van der Waals surface area contributed by atoms with Crippen LogP contribution in [0.3, 0.4) is 0 Å². The number of aromatic nitrogens is 3. The minimum atomic E-state index is -0.167. The van der Waals surface area contributed by atoms with Crippen LogP contribution in [0, 0.1) is 6.92 Å². The Labute approximate surface area is 107 Å². The monoisotopic (exact) mass is 296 g/mol. The van der Waals surface area contributed by atoms with Gasteiger partial charge in [0.1, 0.15) is 5.82 Å². The first kappa shape index (κ1) is 11.9. The van der Waals surface area contributed by atoms with Crippen molar-refractivity contribution in [2.45, 2.75) is 20.0 Å². The number of hydrogen-bond donors (Lipinski definition) is 1. The maximum Gasteiger partial charge on any atom is 0.218 e. The molecule has 0 unspecified atom stereocenters. The van der Waals surface area contributed by atoms with E-state index in [-0.39, 0.29) is 11.1 Å². The Kier molecular flexibility index (Phi) is 3.33. The minimum absolute atomic E-state index is 0.167. The van der Waals surface area contributed by atoms with E-state index in [0.717, 1.165) is 18.9 Å². The molecule has 5 nitrogen and oxygen atoms in total. The molecule has 0 atom stereocenters. The van der Waals surface area contributed by atoms with E-state index in [2.05, 4.69) is 20.9 Å². The van der Waals surface area contributed by atoms with Gasteiger partial charge in [0, 0.05) is 37.9 Å². The van der Waals surface area contributed by atoms with Crippen LogP contribution < -0.4 is 11.2 Å². The van der Waals surface area contributed by atoms with Crippen molar-refractivity contribution in [1.29, 1.82) is 0 Å². The molecular weight excluding hydrogens is 284 g/mol. The van der Waals surface area contributed by atoms with Gasteiger partial charge in [-0.3, -0.25) is 4.79 Å². The van der Waals surface area contributed by atoms with Gasteiger partial charge < -0.3 is 14.9 Å². The summed E-state index contributed by atoms with van der Waals surface area (Å²) in [6.07, 6.45) is 7.09. The predicted octanol–water partition coefficient (Wildman–Crippen LogP) is 1.40. The summed E-state index contributed by atoms with van der Waals surface area (Å²) >= 11 is 3.20. The third-order valence-corrected chi connectivity index (χ3v) is 3.15. The molecule has 2 heterocycles. The molecule has 0 bridgehead atoms. The molecule has 0 amide bonds. The Bertz CT molecular complexity index is 561. The fourth-order valence-corrected chi connectivity index (χ4v) is 2.10. The van der Waals surface area contributed by atoms with Crippen molar-refractivity contribution in [3.05, 3.63) is 45.3 Å². The number of aryl methyl sites for hydroxylation is 3. The third-order valence-electron chi connectivity index (χ3n) is 2.59. The zero-order chi connectivity index (χ0) is 12.4. The highest BCUT2D eigenvalue weighted by Crippen LogP contribution is 2.07. The summed E-state index contributed by atoms with van der Waals surface area (Å²) < 4.78 is 4.42. The number of hydrogen-bond acceptors (Lipinski definition) is 3. The zero-order valence-corrected chi connectivity index (χ0v) is 11.0. The van der Waals surface area contributed by atoms with Crippen LogP contribution in [-0.4, -0.2) is 14.1 Å². The van der Waals surface area contributed by atoms with E-state index in [1.54, 1.807) is 18.6 Å². The smallest absolute Gasteiger partial charge is 0.218 e. The number of rotatable bonds is 3. The molecule has 0 aromatic carbocycles. The maximum absolute atomic E-state index is 11.4. The molecule has 6 heteroatoms. The molecule has 0 aliphatic carbocycles. The topological polar surface area (TPSA) is 65.8 Å². The molecule has 0 saturated carbocycles. The number of pyridine rings is 1. The van der Waals surface area contributed by atoms with Gasteiger partial charge in [-0.1, -0.05) is 0 Å². The largest absolute Gasteiger partial charge is 0.394 e. The number of nitrogens with zero attached hydrogens (tertiary/aromatic N) is 3. The van der Waals surface area contributed by atoms with Crippen molar-refractivity contribution in [2.75, 3.05) is 5.73 Å². The quantitative estimate of drug-likeness (QED) is 0.931. The second-order valence-corrected chi connectivity index (χ2v) is 4.65. The van der Waals surface area contributed by atoms with Gasteiger partial charge >= 0.3 is 0 Å². The lowest BCUT2D eigenvalue weighted by molar-refractivity contribution is 0.565. The van der Waals surface area contributed by atoms with Crippen LogP contribution in [0.2, 0.25) is 0 Å². The van der Waals surface area contributed by atoms with Crippen LogP contribution in [0.1, 0.15) is 5.82 Å². The average Bonchev–Trinajstić information content (AvgIpc) is 2.69. The van der Waals surface area contributed by atoms with Gasteiger partial charge in [0.2, 0.25) is 5.43 Å². The van der Waals surface area contributed by atoms with E-state index in [9.17, 15) is 4.79 Å². The highest BCUT2D eigenvalue weighted by atomic mass is 79.9. The number of nitrogen functional groups attached to an aromatic ring is 1. The SMILES string of the molecule is Cc1nccn1CCn1cc(N)c(=O)c(Br)c1. The van der Waals surface area contributed by atoms with Crippen LogP contribution in [-0.2, 0) is 13.1 Å². The molecule has 2 aromatic rings. The van der Waals surface area contributed by atoms with Crippen LogP contribution in [0.15, 0.2) is 34.1 Å². The Morgan fingerprint density at radius 3 is 2.76 bits per heavy atom. The normalized spacial score (nSPS) is 10.7. The summed E-state index contributed by atoms with van der Waals surface area (Å²) in [5, 5.41) is 0. The second-order valence-electron chi connectivity index (χ2n) is 3.80. The van der Waals surface area contributed by atoms with Crippen LogP contribution in [0.25, 0.3) is 0 Å². The van der Waals surface area contributed by atoms with E-state index in [0.29, 0.717) is 4.47 Å². The van der Waals surface area contributed by atoms with Crippen molar-refractivity contribution in [1.82, 2.24) is 14.1 Å². The summed E-state index contributed by atoms with van der Waals surface area (Å²) in [5.74, 6) is 0.970. The first-order chi connectivity index (χ1) is 8.08. The van der Waals surface area contributed by atoms with Crippen LogP contribution >= 0.6 is 15.9 Å². The van der Waals surface area contributed by atoms with Crippen molar-refractivity contribution in [3.63, 3.8) is 0 Å². The summed E-state index contributed by atoms with van der Waals surface area (Å²) in [4.78, 5) is 15.6. The molecule has 0 spiro atoms. The van der Waals surface area contributed by atoms with Crippen molar-refractivity contribution >= 4 is 21.6 Å². The molecule has 0 fully saturated rings. The van der Waals surface area contributed by atoms with E-state index in [1.807, 2.05) is 22.3 Å². The number of halogens is 1. The molecule has 2 aromatic heterocycles. The van der Waals surface area contributed by atoms with Gasteiger partial charge in [0.05, 0.1) is 10.2 Å². The predicted molar refractivity (Wildman–Crippen MR) is 69.8 cm³/mol. The lowest BCUT2D eigenvalue weighted by Crippen LogP contribution is -2.15. The van der Waals surface area contributed by atoms with Crippen molar-refractivity contribution < 1.29 is 0 Å². The molecule has 17 heavy (non-hydrogen) atoms. The van der Waals surface area contributed by atoms with Gasteiger partial charge in [-0.25, -0.2) is 4.98 Å². The van der Waals surface area contributed by atoms with Crippen LogP contribution in [0.5, 0.6) is 0 Å². The number of nitrogens with two attached hydrogens (primary N) is 1. The summed E-state index contributed by atoms with van der Waals surface area (Å²) in [7, 11) is 0. The molecule has 0 saturated heterocycles. The highest BCUT2D eigenvalue weighted by Gasteiger charge is 2.03. The summed E-state index contributed by atoms with van der Waals surface area (Å²) in [6, 6.07) is 0. The molecule has 90 valence electrons. The average molecular weight is 297 g/mol. The first-order valence-electron chi connectivity index (χ1n) is 5.20. The van der Waals surface area contributed by atoms with E-state index in [1.165, 1.54) is 0 Å². The lowest BCUT2D eigenvalue weighted by atomic mass is 10.4. The van der Waals surface area contributed by atoms with Crippen molar-refractivity contribution in [2.24, 2.45) is 0 Å². The molecule has 0 aliphatic rings. The van der Waals surface area contributed by atoms with Gasteiger partial charge in [0.25, 0.3) is 0 Å². The van der Waals surface area contributed by atoms with E-state index in [4.69, 9.17) is 5.73 Å². The summed E-state index contributed by atoms with van der Waals surface area (Å²) in [6.45, 7) is 3.48. The maximum atomic E-state index is 11.4. The fraction of sp³-hybridized carbons (Fsp3) is 0.273. The number of imidazole rings is 1. The Morgan fingerprint density at radius 2 is 2.18 bits per heavy atom. The first-order valence-corrected chi connectivity index (χ1v) is 6.00. The van der Waals surface area contributed by atoms with Gasteiger partial charge in [0.15, 0.2) is 0 Å². The molecular formula is C11H13BrN4O. The second kappa shape index (κ2) is 4.75. The molecule has 0 radical (unpaired) electrons. The Hall–Kier alpha value is -1.56. The highest BCUT2D eigenvalue weighted by molar-refractivity contribution is 9.10. The van der Waals surface area contributed by atoms with Gasteiger partial charge in [-0.05, 0) is 22.9 Å². The van der Waals surface area contributed by atoms with Gasteiger partial charge in [-0.15, -0.1) is 0 Å². The Morgan fingerprint density at radius 1 is 1.41 bits per heavy atom. The fourth-order valence-electron chi connectivity index (χ4n) is 1.61. The molecule has 2 N–H and O–H groups in total. The standard InChI is InChI=1S/C11H13BrN4O/c1-8-14-2-3-16(8)5-4-15-6-9(12)11(17)10(13)7-15/h2-3,6-7H,4-5,13H2,1H3. The zero-order valence-electron chi connectivity index (χ0n) is 9.43. The van der Waals surface area contributed by atoms with Crippen molar-refractivity contribution in [3.8, 4) is 0 Å². The van der Waals surface area contributed by atoms with E-state index >= 15 is 0 Å². The third kappa shape index (κ3) is 2.58. The minimum Gasteiger partial charge on any atom is -0.394 e. The Balaban J connectivity index is 2.15. The number of anilines is 1. The molecule has 2 rings (SSSR count). The van der Waals surface area contributed by atoms with Crippen LogP contribution in [0.4, 0.5) is 5.69 Å². The van der Waals surface area contributed by atoms with E-state index < -0.39 is 0 Å². The lowest BCUT2D eigenvalue weighted by Gasteiger charge is -2.09. The molecule has 0 aliphatic heterocycles.